The predicted molar refractivity (Wildman–Crippen MR) is 138 cm³/mol. The lowest BCUT2D eigenvalue weighted by Gasteiger charge is -2.35. The monoisotopic (exact) mass is 484 g/mol. The van der Waals surface area contributed by atoms with E-state index in [0.717, 1.165) is 34.4 Å². The van der Waals surface area contributed by atoms with Gasteiger partial charge in [0.05, 0.1) is 17.3 Å². The molecule has 1 atom stereocenters. The van der Waals surface area contributed by atoms with E-state index in [1.807, 2.05) is 68.4 Å². The van der Waals surface area contributed by atoms with Crippen LogP contribution < -0.4 is 10.2 Å². The van der Waals surface area contributed by atoms with Crippen LogP contribution >= 0.6 is 11.6 Å². The molecule has 0 fully saturated rings. The van der Waals surface area contributed by atoms with E-state index in [-0.39, 0.29) is 6.03 Å². The summed E-state index contributed by atoms with van der Waals surface area (Å²) in [6.07, 6.45) is 0.958. The normalized spacial score (nSPS) is 15.9. The van der Waals surface area contributed by atoms with Crippen molar-refractivity contribution in [3.63, 3.8) is 0 Å². The zero-order chi connectivity index (χ0) is 24.5. The first-order valence-electron chi connectivity index (χ1n) is 11.5. The number of amides is 2. The van der Waals surface area contributed by atoms with Crippen LogP contribution in [0.25, 0.3) is 17.0 Å². The summed E-state index contributed by atoms with van der Waals surface area (Å²) in [5, 5.41) is 7.94. The lowest BCUT2D eigenvalue weighted by atomic mass is 9.94. The number of halogens is 1. The zero-order valence-corrected chi connectivity index (χ0v) is 20.5. The van der Waals surface area contributed by atoms with E-state index in [9.17, 15) is 4.79 Å². The number of hydrogen-bond acceptors (Lipinski definition) is 4. The summed E-state index contributed by atoms with van der Waals surface area (Å²) in [6, 6.07) is 22.6. The van der Waals surface area contributed by atoms with Crippen LogP contribution in [-0.2, 0) is 6.42 Å². The van der Waals surface area contributed by atoms with Crippen molar-refractivity contribution < 1.29 is 9.32 Å². The molecule has 0 spiro atoms. The van der Waals surface area contributed by atoms with E-state index in [2.05, 4.69) is 29.5 Å². The van der Waals surface area contributed by atoms with E-state index in [1.165, 1.54) is 5.56 Å². The summed E-state index contributed by atoms with van der Waals surface area (Å²) in [4.78, 5) is 19.7. The summed E-state index contributed by atoms with van der Waals surface area (Å²) in [5.41, 5.74) is 6.22. The van der Waals surface area contributed by atoms with Crippen LogP contribution in [0, 0.1) is 6.92 Å². The highest BCUT2D eigenvalue weighted by Crippen LogP contribution is 2.39. The first-order valence-corrected chi connectivity index (χ1v) is 11.9. The van der Waals surface area contributed by atoms with Crippen LogP contribution in [0.3, 0.4) is 0 Å². The van der Waals surface area contributed by atoms with Crippen LogP contribution in [0.1, 0.15) is 42.5 Å². The molecular formula is C28H25ClN4O2. The molecular weight excluding hydrogens is 460 g/mol. The Kier molecular flexibility index (Phi) is 6.14. The average Bonchev–Trinajstić information content (AvgIpc) is 3.34. The summed E-state index contributed by atoms with van der Waals surface area (Å²) < 4.78 is 5.78. The average molecular weight is 485 g/mol. The van der Waals surface area contributed by atoms with E-state index in [1.54, 1.807) is 11.0 Å². The molecule has 35 heavy (non-hydrogen) atoms. The largest absolute Gasteiger partial charge is 0.334 e. The second kappa shape index (κ2) is 9.39. The highest BCUT2D eigenvalue weighted by molar-refractivity contribution is 6.30. The molecule has 5 rings (SSSR count). The third-order valence-electron chi connectivity index (χ3n) is 6.24. The third-order valence-corrected chi connectivity index (χ3v) is 6.47. The van der Waals surface area contributed by atoms with Crippen molar-refractivity contribution >= 4 is 28.9 Å². The van der Waals surface area contributed by atoms with Gasteiger partial charge in [0, 0.05) is 16.3 Å². The van der Waals surface area contributed by atoms with Crippen molar-refractivity contribution in [1.29, 1.82) is 0 Å². The van der Waals surface area contributed by atoms with Gasteiger partial charge in [0.25, 0.3) is 5.89 Å². The van der Waals surface area contributed by atoms with Crippen molar-refractivity contribution in [3.8, 4) is 11.4 Å². The van der Waals surface area contributed by atoms with Gasteiger partial charge in [0.1, 0.15) is 0 Å². The van der Waals surface area contributed by atoms with Crippen LogP contribution in [-0.4, -0.2) is 16.2 Å². The van der Waals surface area contributed by atoms with Gasteiger partial charge in [-0.2, -0.15) is 4.98 Å². The first-order chi connectivity index (χ1) is 16.9. The molecule has 1 aliphatic heterocycles. The van der Waals surface area contributed by atoms with Crippen molar-refractivity contribution in [1.82, 2.24) is 15.5 Å². The minimum Gasteiger partial charge on any atom is -0.334 e. The van der Waals surface area contributed by atoms with Crippen molar-refractivity contribution in [2.24, 2.45) is 0 Å². The molecule has 1 unspecified atom stereocenters. The fourth-order valence-corrected chi connectivity index (χ4v) is 4.50. The second-order valence-electron chi connectivity index (χ2n) is 8.58. The predicted octanol–water partition coefficient (Wildman–Crippen LogP) is 6.96. The number of rotatable bonds is 5. The van der Waals surface area contributed by atoms with Gasteiger partial charge in [-0.25, -0.2) is 4.79 Å². The maximum Gasteiger partial charge on any atom is 0.326 e. The Morgan fingerprint density at radius 1 is 1.03 bits per heavy atom. The number of aromatic nitrogens is 2. The molecule has 4 aromatic rings. The Balaban J connectivity index is 1.63. The molecule has 1 aromatic heterocycles. The van der Waals surface area contributed by atoms with Gasteiger partial charge in [-0.3, -0.25) is 4.90 Å². The molecule has 2 heterocycles. The maximum atomic E-state index is 13.3. The SMILES string of the molecule is CCc1ccc(-c2noc(C3=C(C)N(c4ccc(C)cc4)C(=O)NC3c3cccc(Cl)c3)n2)cc1. The smallest absolute Gasteiger partial charge is 0.326 e. The van der Waals surface area contributed by atoms with Gasteiger partial charge in [0.15, 0.2) is 0 Å². The Morgan fingerprint density at radius 3 is 2.46 bits per heavy atom. The molecule has 3 aromatic carbocycles. The summed E-state index contributed by atoms with van der Waals surface area (Å²) in [7, 11) is 0. The van der Waals surface area contributed by atoms with Gasteiger partial charge in [-0.1, -0.05) is 77.8 Å². The summed E-state index contributed by atoms with van der Waals surface area (Å²) in [6.45, 7) is 6.02. The number of nitrogens with one attached hydrogen (secondary N) is 1. The number of aryl methyl sites for hydroxylation is 2. The number of nitrogens with zero attached hydrogens (tertiary/aromatic N) is 3. The molecule has 0 bridgehead atoms. The van der Waals surface area contributed by atoms with Crippen molar-refractivity contribution in [2.75, 3.05) is 4.90 Å². The molecule has 7 heteroatoms. The zero-order valence-electron chi connectivity index (χ0n) is 19.7. The molecule has 0 saturated heterocycles. The summed E-state index contributed by atoms with van der Waals surface area (Å²) in [5.74, 6) is 0.839. The molecule has 176 valence electrons. The molecule has 0 radical (unpaired) electrons. The van der Waals surface area contributed by atoms with Gasteiger partial charge < -0.3 is 9.84 Å². The number of allylic oxidation sites excluding steroid dienone is 1. The number of urea groups is 1. The van der Waals surface area contributed by atoms with Gasteiger partial charge >= 0.3 is 6.03 Å². The minimum atomic E-state index is -0.501. The standard InChI is InChI=1S/C28H25ClN4O2/c1-4-19-10-12-20(13-11-19)26-31-27(35-32-26)24-18(3)33(23-14-8-17(2)9-15-23)28(34)30-25(24)21-6-5-7-22(29)16-21/h5-16,25H,4H2,1-3H3,(H,30,34). The molecule has 0 saturated carbocycles. The second-order valence-corrected chi connectivity index (χ2v) is 9.02. The highest BCUT2D eigenvalue weighted by atomic mass is 35.5. The first kappa shape index (κ1) is 22.9. The topological polar surface area (TPSA) is 71.3 Å². The van der Waals surface area contributed by atoms with Crippen molar-refractivity contribution in [2.45, 2.75) is 33.2 Å². The Bertz CT molecular complexity index is 1410. The number of carbonyl (C=O) groups excluding carboxylic acids is 1. The molecule has 1 N–H and O–H groups in total. The van der Waals surface area contributed by atoms with Crippen LogP contribution in [0.5, 0.6) is 0 Å². The van der Waals surface area contributed by atoms with Gasteiger partial charge in [-0.05, 0) is 55.7 Å². The van der Waals surface area contributed by atoms with Gasteiger partial charge in [-0.15, -0.1) is 0 Å². The molecule has 1 aliphatic rings. The Labute approximate surface area is 209 Å². The summed E-state index contributed by atoms with van der Waals surface area (Å²) >= 11 is 6.29. The fourth-order valence-electron chi connectivity index (χ4n) is 4.30. The van der Waals surface area contributed by atoms with E-state index < -0.39 is 6.04 Å². The Hall–Kier alpha value is -3.90. The highest BCUT2D eigenvalue weighted by Gasteiger charge is 2.36. The van der Waals surface area contributed by atoms with Crippen LogP contribution in [0.4, 0.5) is 10.5 Å². The maximum absolute atomic E-state index is 13.3. The molecule has 0 aliphatic carbocycles. The lowest BCUT2D eigenvalue weighted by molar-refractivity contribution is 0.244. The lowest BCUT2D eigenvalue weighted by Crippen LogP contribution is -2.46. The molecule has 6 nitrogen and oxygen atoms in total. The number of hydrogen-bond donors (Lipinski definition) is 1. The van der Waals surface area contributed by atoms with Crippen molar-refractivity contribution in [3.05, 3.63) is 106 Å². The van der Waals surface area contributed by atoms with Crippen LogP contribution in [0.2, 0.25) is 5.02 Å². The number of carbonyl (C=O) groups is 1. The minimum absolute atomic E-state index is 0.241. The van der Waals surface area contributed by atoms with Gasteiger partial charge in [0.2, 0.25) is 5.82 Å². The molecule has 2 amide bonds. The fraction of sp³-hybridized carbons (Fsp3) is 0.179. The van der Waals surface area contributed by atoms with Crippen LogP contribution in [0.15, 0.2) is 83.0 Å². The van der Waals surface area contributed by atoms with E-state index in [4.69, 9.17) is 21.1 Å². The van der Waals surface area contributed by atoms with E-state index >= 15 is 0 Å². The Morgan fingerprint density at radius 2 is 1.77 bits per heavy atom. The number of benzene rings is 3. The third kappa shape index (κ3) is 4.45. The van der Waals surface area contributed by atoms with E-state index in [0.29, 0.717) is 22.4 Å². The number of anilines is 1. The quantitative estimate of drug-likeness (QED) is 0.332.